The minimum Gasteiger partial charge on any atom is -0.490 e. The third kappa shape index (κ3) is 6.01. The van der Waals surface area contributed by atoms with Gasteiger partial charge < -0.3 is 19.5 Å². The molecule has 0 aliphatic heterocycles. The Kier molecular flexibility index (Phi) is 8.50. The lowest BCUT2D eigenvalue weighted by Crippen LogP contribution is -2.25. The van der Waals surface area contributed by atoms with Gasteiger partial charge in [0.25, 0.3) is 5.91 Å². The van der Waals surface area contributed by atoms with Gasteiger partial charge >= 0.3 is 0 Å². The summed E-state index contributed by atoms with van der Waals surface area (Å²) in [7, 11) is 0. The van der Waals surface area contributed by atoms with E-state index in [9.17, 15) is 4.79 Å². The molecule has 0 radical (unpaired) electrons. The quantitative estimate of drug-likeness (QED) is 0.426. The van der Waals surface area contributed by atoms with Crippen LogP contribution in [0.1, 0.15) is 41.7 Å². The summed E-state index contributed by atoms with van der Waals surface area (Å²) in [6.07, 6.45) is 0.732. The highest BCUT2D eigenvalue weighted by molar-refractivity contribution is 7.09. The van der Waals surface area contributed by atoms with E-state index in [1.165, 1.54) is 0 Å². The van der Waals surface area contributed by atoms with E-state index in [1.807, 2.05) is 27.7 Å². The first-order valence-electron chi connectivity index (χ1n) is 10.9. The number of ether oxygens (including phenoxy) is 3. The highest BCUT2D eigenvalue weighted by atomic mass is 32.1. The number of hydrogen-bond donors (Lipinski definition) is 1. The van der Waals surface area contributed by atoms with Crippen LogP contribution in [0, 0.1) is 6.92 Å². The van der Waals surface area contributed by atoms with Gasteiger partial charge in [0.15, 0.2) is 11.5 Å². The van der Waals surface area contributed by atoms with Gasteiger partial charge in [0.2, 0.25) is 5.75 Å². The Balaban J connectivity index is 1.65. The van der Waals surface area contributed by atoms with Gasteiger partial charge in [-0.3, -0.25) is 4.79 Å². The lowest BCUT2D eigenvalue weighted by molar-refractivity contribution is 0.0953. The zero-order valence-electron chi connectivity index (χ0n) is 19.1. The molecule has 0 spiro atoms. The van der Waals surface area contributed by atoms with Crippen molar-refractivity contribution in [1.82, 2.24) is 10.3 Å². The van der Waals surface area contributed by atoms with Crippen molar-refractivity contribution < 1.29 is 19.0 Å². The van der Waals surface area contributed by atoms with E-state index in [4.69, 9.17) is 14.2 Å². The highest BCUT2D eigenvalue weighted by Crippen LogP contribution is 2.39. The monoisotopic (exact) mass is 454 g/mol. The summed E-state index contributed by atoms with van der Waals surface area (Å²) < 4.78 is 17.1. The van der Waals surface area contributed by atoms with E-state index < -0.39 is 0 Å². The molecule has 0 aliphatic rings. The van der Waals surface area contributed by atoms with Crippen molar-refractivity contribution in [2.24, 2.45) is 0 Å². The number of amides is 1. The van der Waals surface area contributed by atoms with Crippen molar-refractivity contribution in [3.05, 3.63) is 57.9 Å². The number of aryl methyl sites for hydroxylation is 1. The molecule has 2 aromatic carbocycles. The molecular formula is C25H30N2O4S. The number of aromatic nitrogens is 1. The van der Waals surface area contributed by atoms with Crippen LogP contribution in [0.25, 0.3) is 11.3 Å². The van der Waals surface area contributed by atoms with Crippen LogP contribution in [0.2, 0.25) is 0 Å². The number of thiazole rings is 1. The van der Waals surface area contributed by atoms with Crippen LogP contribution in [0.4, 0.5) is 0 Å². The van der Waals surface area contributed by atoms with Crippen LogP contribution in [-0.2, 0) is 6.42 Å². The SMILES string of the molecule is CCOc1cc(C(=O)NCCc2ccc(-c3csc(C)n3)cc2)cc(OCC)c1OCC. The first-order chi connectivity index (χ1) is 15.5. The first-order valence-corrected chi connectivity index (χ1v) is 11.8. The molecule has 0 fully saturated rings. The summed E-state index contributed by atoms with van der Waals surface area (Å²) in [6, 6.07) is 11.7. The number of nitrogens with one attached hydrogen (secondary N) is 1. The molecule has 6 nitrogen and oxygen atoms in total. The summed E-state index contributed by atoms with van der Waals surface area (Å²) in [6.45, 7) is 9.62. The van der Waals surface area contributed by atoms with Crippen LogP contribution < -0.4 is 19.5 Å². The van der Waals surface area contributed by atoms with Crippen molar-refractivity contribution in [2.75, 3.05) is 26.4 Å². The smallest absolute Gasteiger partial charge is 0.251 e. The normalized spacial score (nSPS) is 10.6. The molecule has 0 unspecified atom stereocenters. The number of carbonyl (C=O) groups is 1. The number of carbonyl (C=O) groups excluding carboxylic acids is 1. The van der Waals surface area contributed by atoms with E-state index in [0.717, 1.165) is 28.2 Å². The first kappa shape index (κ1) is 23.6. The molecule has 0 aliphatic carbocycles. The van der Waals surface area contributed by atoms with E-state index in [2.05, 4.69) is 39.9 Å². The Labute approximate surface area is 193 Å². The molecule has 1 amide bonds. The average molecular weight is 455 g/mol. The molecule has 0 atom stereocenters. The van der Waals surface area contributed by atoms with Crippen molar-refractivity contribution in [2.45, 2.75) is 34.1 Å². The number of benzene rings is 2. The molecule has 0 bridgehead atoms. The van der Waals surface area contributed by atoms with Crippen molar-refractivity contribution in [3.63, 3.8) is 0 Å². The predicted octanol–water partition coefficient (Wildman–Crippen LogP) is 5.29. The Morgan fingerprint density at radius 1 is 0.969 bits per heavy atom. The molecule has 0 saturated carbocycles. The maximum Gasteiger partial charge on any atom is 0.251 e. The maximum absolute atomic E-state index is 12.8. The lowest BCUT2D eigenvalue weighted by atomic mass is 10.1. The topological polar surface area (TPSA) is 69.7 Å². The second kappa shape index (κ2) is 11.5. The molecule has 1 aromatic heterocycles. The number of hydrogen-bond acceptors (Lipinski definition) is 6. The van der Waals surface area contributed by atoms with Gasteiger partial charge in [0.05, 0.1) is 30.5 Å². The summed E-state index contributed by atoms with van der Waals surface area (Å²) in [5.74, 6) is 1.38. The van der Waals surface area contributed by atoms with Gasteiger partial charge in [-0.05, 0) is 51.8 Å². The van der Waals surface area contributed by atoms with Crippen LogP contribution in [0.15, 0.2) is 41.8 Å². The van der Waals surface area contributed by atoms with Gasteiger partial charge in [-0.15, -0.1) is 11.3 Å². The van der Waals surface area contributed by atoms with Crippen molar-refractivity contribution in [3.8, 4) is 28.5 Å². The standard InChI is InChI=1S/C25H30N2O4S/c1-5-29-22-14-20(15-23(30-6-2)24(22)31-7-3)25(28)26-13-12-18-8-10-19(11-9-18)21-16-32-17(4)27-21/h8-11,14-16H,5-7,12-13H2,1-4H3,(H,26,28). The summed E-state index contributed by atoms with van der Waals surface area (Å²) in [4.78, 5) is 17.3. The Morgan fingerprint density at radius 3 is 2.12 bits per heavy atom. The summed E-state index contributed by atoms with van der Waals surface area (Å²) >= 11 is 1.65. The molecule has 170 valence electrons. The molecule has 1 heterocycles. The Hall–Kier alpha value is -3.06. The zero-order valence-corrected chi connectivity index (χ0v) is 19.9. The fourth-order valence-electron chi connectivity index (χ4n) is 3.28. The van der Waals surface area contributed by atoms with Crippen molar-refractivity contribution >= 4 is 17.2 Å². The largest absolute Gasteiger partial charge is 0.490 e. The van der Waals surface area contributed by atoms with Gasteiger partial charge in [-0.25, -0.2) is 4.98 Å². The summed E-state index contributed by atoms with van der Waals surface area (Å²) in [5, 5.41) is 6.11. The number of rotatable bonds is 11. The van der Waals surface area contributed by atoms with E-state index in [1.54, 1.807) is 23.5 Å². The Morgan fingerprint density at radius 2 is 1.59 bits per heavy atom. The third-order valence-corrected chi connectivity index (χ3v) is 5.51. The fraction of sp³-hybridized carbons (Fsp3) is 0.360. The van der Waals surface area contributed by atoms with Gasteiger partial charge in [-0.2, -0.15) is 0 Å². The summed E-state index contributed by atoms with van der Waals surface area (Å²) in [5.41, 5.74) is 3.73. The molecular weight excluding hydrogens is 424 g/mol. The average Bonchev–Trinajstić information content (AvgIpc) is 3.22. The molecule has 7 heteroatoms. The van der Waals surface area contributed by atoms with Gasteiger partial charge in [0.1, 0.15) is 0 Å². The second-order valence-corrected chi connectivity index (χ2v) is 8.12. The second-order valence-electron chi connectivity index (χ2n) is 7.06. The molecule has 1 N–H and O–H groups in total. The van der Waals surface area contributed by atoms with Crippen molar-refractivity contribution in [1.29, 1.82) is 0 Å². The third-order valence-electron chi connectivity index (χ3n) is 4.74. The number of nitrogens with zero attached hydrogens (tertiary/aromatic N) is 1. The zero-order chi connectivity index (χ0) is 22.9. The minimum atomic E-state index is -0.176. The molecule has 3 aromatic rings. The lowest BCUT2D eigenvalue weighted by Gasteiger charge is -2.17. The van der Waals surface area contributed by atoms with E-state index in [-0.39, 0.29) is 5.91 Å². The maximum atomic E-state index is 12.8. The van der Waals surface area contributed by atoms with Crippen LogP contribution in [0.3, 0.4) is 0 Å². The fourth-order valence-corrected chi connectivity index (χ4v) is 3.90. The van der Waals surface area contributed by atoms with Crippen LogP contribution in [0.5, 0.6) is 17.2 Å². The van der Waals surface area contributed by atoms with Crippen LogP contribution >= 0.6 is 11.3 Å². The Bertz CT molecular complexity index is 1000. The van der Waals surface area contributed by atoms with Crippen LogP contribution in [-0.4, -0.2) is 37.3 Å². The molecule has 32 heavy (non-hydrogen) atoms. The molecule has 3 rings (SSSR count). The van der Waals surface area contributed by atoms with Gasteiger partial charge in [-0.1, -0.05) is 24.3 Å². The highest BCUT2D eigenvalue weighted by Gasteiger charge is 2.18. The van der Waals surface area contributed by atoms with E-state index in [0.29, 0.717) is 49.2 Å². The van der Waals surface area contributed by atoms with Gasteiger partial charge in [0, 0.05) is 23.1 Å². The molecule has 0 saturated heterocycles. The van der Waals surface area contributed by atoms with E-state index >= 15 is 0 Å². The predicted molar refractivity (Wildman–Crippen MR) is 128 cm³/mol. The minimum absolute atomic E-state index is 0.176.